The number of nitrogens with zero attached hydrogens (tertiary/aromatic N) is 3. The van der Waals surface area contributed by atoms with Crippen LogP contribution in [0.2, 0.25) is 0 Å². The van der Waals surface area contributed by atoms with E-state index in [4.69, 9.17) is 4.42 Å². The Morgan fingerprint density at radius 1 is 1.32 bits per heavy atom. The molecule has 7 heteroatoms. The summed E-state index contributed by atoms with van der Waals surface area (Å²) in [4.78, 5) is 12.7. The van der Waals surface area contributed by atoms with E-state index in [-0.39, 0.29) is 11.9 Å². The minimum Gasteiger partial charge on any atom is -0.465 e. The zero-order chi connectivity index (χ0) is 15.5. The quantitative estimate of drug-likeness (QED) is 0.943. The number of aromatic nitrogens is 2. The first-order valence-electron chi connectivity index (χ1n) is 7.21. The van der Waals surface area contributed by atoms with Gasteiger partial charge in [-0.05, 0) is 43.5 Å². The van der Waals surface area contributed by atoms with Gasteiger partial charge in [0.15, 0.2) is 0 Å². The number of rotatable bonds is 3. The van der Waals surface area contributed by atoms with Crippen LogP contribution in [-0.4, -0.2) is 38.9 Å². The van der Waals surface area contributed by atoms with E-state index in [1.807, 2.05) is 0 Å². The van der Waals surface area contributed by atoms with Gasteiger partial charge in [-0.25, -0.2) is 9.18 Å². The van der Waals surface area contributed by atoms with Crippen LogP contribution in [0.5, 0.6) is 0 Å². The Morgan fingerprint density at radius 2 is 2.09 bits per heavy atom. The van der Waals surface area contributed by atoms with Crippen LogP contribution >= 0.6 is 0 Å². The lowest BCUT2D eigenvalue weighted by molar-refractivity contribution is 0.104. The molecule has 1 amide bonds. The summed E-state index contributed by atoms with van der Waals surface area (Å²) < 4.78 is 18.5. The third-order valence-corrected chi connectivity index (χ3v) is 3.84. The Morgan fingerprint density at radius 3 is 2.82 bits per heavy atom. The molecule has 1 aliphatic heterocycles. The monoisotopic (exact) mass is 305 g/mol. The molecule has 1 fully saturated rings. The molecular weight excluding hydrogens is 289 g/mol. The highest BCUT2D eigenvalue weighted by Gasteiger charge is 2.28. The number of likely N-dealkylation sites (tertiary alicyclic amines) is 1. The summed E-state index contributed by atoms with van der Waals surface area (Å²) >= 11 is 0. The van der Waals surface area contributed by atoms with Crippen molar-refractivity contribution in [3.63, 3.8) is 0 Å². The van der Waals surface area contributed by atoms with Gasteiger partial charge in [0.05, 0.1) is 0 Å². The number of carboxylic acid groups (broad SMARTS) is 1. The maximum absolute atomic E-state index is 12.9. The number of carbonyl (C=O) groups is 1. The fourth-order valence-corrected chi connectivity index (χ4v) is 2.71. The molecule has 3 rings (SSSR count). The van der Waals surface area contributed by atoms with Gasteiger partial charge in [0.2, 0.25) is 11.8 Å². The van der Waals surface area contributed by atoms with Crippen LogP contribution < -0.4 is 0 Å². The van der Waals surface area contributed by atoms with Crippen LogP contribution in [0, 0.1) is 5.82 Å². The molecule has 0 radical (unpaired) electrons. The number of amides is 1. The summed E-state index contributed by atoms with van der Waals surface area (Å²) in [5.41, 5.74) is 0.638. The summed E-state index contributed by atoms with van der Waals surface area (Å²) in [6.45, 7) is 0.541. The fourth-order valence-electron chi connectivity index (χ4n) is 2.71. The topological polar surface area (TPSA) is 79.5 Å². The second-order valence-corrected chi connectivity index (χ2v) is 5.34. The van der Waals surface area contributed by atoms with E-state index in [1.165, 1.54) is 17.0 Å². The smallest absolute Gasteiger partial charge is 0.407 e. The van der Waals surface area contributed by atoms with Gasteiger partial charge < -0.3 is 14.4 Å². The Bertz CT molecular complexity index is 656. The molecule has 6 nitrogen and oxygen atoms in total. The predicted molar refractivity (Wildman–Crippen MR) is 75.8 cm³/mol. The van der Waals surface area contributed by atoms with Crippen LogP contribution in [-0.2, 0) is 6.42 Å². The van der Waals surface area contributed by atoms with Crippen LogP contribution in [0.25, 0.3) is 11.5 Å². The van der Waals surface area contributed by atoms with Crippen molar-refractivity contribution in [2.45, 2.75) is 31.7 Å². The van der Waals surface area contributed by atoms with E-state index in [0.29, 0.717) is 30.3 Å². The number of benzene rings is 1. The van der Waals surface area contributed by atoms with Gasteiger partial charge in [-0.15, -0.1) is 10.2 Å². The average Bonchev–Trinajstić information content (AvgIpc) is 2.97. The lowest BCUT2D eigenvalue weighted by Gasteiger charge is -2.32. The molecular formula is C15H16FN3O3. The van der Waals surface area contributed by atoms with E-state index < -0.39 is 6.09 Å². The van der Waals surface area contributed by atoms with Crippen LogP contribution in [0.15, 0.2) is 28.7 Å². The predicted octanol–water partition coefficient (Wildman–Crippen LogP) is 2.95. The van der Waals surface area contributed by atoms with Gasteiger partial charge >= 0.3 is 6.09 Å². The van der Waals surface area contributed by atoms with Crippen LogP contribution in [0.3, 0.4) is 0 Å². The van der Waals surface area contributed by atoms with Gasteiger partial charge in [0.1, 0.15) is 5.82 Å². The van der Waals surface area contributed by atoms with E-state index >= 15 is 0 Å². The molecule has 1 aromatic carbocycles. The molecule has 1 saturated heterocycles. The summed E-state index contributed by atoms with van der Waals surface area (Å²) in [5, 5.41) is 17.1. The van der Waals surface area contributed by atoms with E-state index in [1.54, 1.807) is 12.1 Å². The summed E-state index contributed by atoms with van der Waals surface area (Å²) in [5.74, 6) is 0.382. The Kier molecular flexibility index (Phi) is 4.04. The minimum absolute atomic E-state index is 0.132. The highest BCUT2D eigenvalue weighted by molar-refractivity contribution is 5.65. The summed E-state index contributed by atoms with van der Waals surface area (Å²) in [6, 6.07) is 5.65. The van der Waals surface area contributed by atoms with Crippen molar-refractivity contribution >= 4 is 6.09 Å². The first-order chi connectivity index (χ1) is 10.6. The van der Waals surface area contributed by atoms with Crippen molar-refractivity contribution in [2.75, 3.05) is 6.54 Å². The normalized spacial score (nSPS) is 18.4. The van der Waals surface area contributed by atoms with Gasteiger partial charge in [-0.3, -0.25) is 0 Å². The second-order valence-electron chi connectivity index (χ2n) is 5.34. The maximum atomic E-state index is 12.9. The molecule has 2 aromatic rings. The zero-order valence-corrected chi connectivity index (χ0v) is 11.9. The third-order valence-electron chi connectivity index (χ3n) is 3.84. The molecule has 1 atom stereocenters. The standard InChI is InChI=1S/C15H16FN3O3/c16-11-6-4-10(5-7-11)14-18-17-13(22-14)9-12-3-1-2-8-19(12)15(20)21/h4-7,12H,1-3,8-9H2,(H,20,21). The first kappa shape index (κ1) is 14.5. The molecule has 22 heavy (non-hydrogen) atoms. The average molecular weight is 305 g/mol. The number of hydrogen-bond donors (Lipinski definition) is 1. The van der Waals surface area contributed by atoms with E-state index in [9.17, 15) is 14.3 Å². The molecule has 0 saturated carbocycles. The van der Waals surface area contributed by atoms with Gasteiger partial charge in [-0.2, -0.15) is 0 Å². The lowest BCUT2D eigenvalue weighted by atomic mass is 10.00. The highest BCUT2D eigenvalue weighted by Crippen LogP contribution is 2.23. The molecule has 116 valence electrons. The first-order valence-corrected chi connectivity index (χ1v) is 7.21. The molecule has 1 aromatic heterocycles. The second kappa shape index (κ2) is 6.13. The molecule has 1 unspecified atom stereocenters. The fraction of sp³-hybridized carbons (Fsp3) is 0.400. The molecule has 1 N–H and O–H groups in total. The zero-order valence-electron chi connectivity index (χ0n) is 11.9. The van der Waals surface area contributed by atoms with E-state index in [0.717, 1.165) is 19.3 Å². The van der Waals surface area contributed by atoms with Crippen molar-refractivity contribution in [3.05, 3.63) is 36.0 Å². The van der Waals surface area contributed by atoms with Crippen molar-refractivity contribution in [1.29, 1.82) is 0 Å². The van der Waals surface area contributed by atoms with E-state index in [2.05, 4.69) is 10.2 Å². The van der Waals surface area contributed by atoms with Crippen molar-refractivity contribution in [3.8, 4) is 11.5 Å². The summed E-state index contributed by atoms with van der Waals surface area (Å²) in [7, 11) is 0. The Hall–Kier alpha value is -2.44. The Balaban J connectivity index is 1.73. The minimum atomic E-state index is -0.914. The molecule has 0 bridgehead atoms. The largest absolute Gasteiger partial charge is 0.465 e. The van der Waals surface area contributed by atoms with Crippen molar-refractivity contribution in [1.82, 2.24) is 15.1 Å². The van der Waals surface area contributed by atoms with Gasteiger partial charge in [0.25, 0.3) is 0 Å². The molecule has 1 aliphatic rings. The third kappa shape index (κ3) is 3.08. The van der Waals surface area contributed by atoms with Crippen molar-refractivity contribution in [2.24, 2.45) is 0 Å². The molecule has 2 heterocycles. The van der Waals surface area contributed by atoms with Crippen molar-refractivity contribution < 1.29 is 18.7 Å². The Labute approximate surface area is 126 Å². The van der Waals surface area contributed by atoms with Gasteiger partial charge in [-0.1, -0.05) is 0 Å². The number of piperidine rings is 1. The number of hydrogen-bond acceptors (Lipinski definition) is 4. The van der Waals surface area contributed by atoms with Crippen LogP contribution in [0.4, 0.5) is 9.18 Å². The highest BCUT2D eigenvalue weighted by atomic mass is 19.1. The number of halogens is 1. The lowest BCUT2D eigenvalue weighted by Crippen LogP contribution is -2.44. The molecule has 0 spiro atoms. The molecule has 0 aliphatic carbocycles. The maximum Gasteiger partial charge on any atom is 0.407 e. The summed E-state index contributed by atoms with van der Waals surface area (Å²) in [6.07, 6.45) is 2.16. The van der Waals surface area contributed by atoms with Gasteiger partial charge in [0, 0.05) is 24.6 Å². The SMILES string of the molecule is O=C(O)N1CCCCC1Cc1nnc(-c2ccc(F)cc2)o1. The van der Waals surface area contributed by atoms with Crippen LogP contribution in [0.1, 0.15) is 25.2 Å².